The van der Waals surface area contributed by atoms with E-state index in [1.807, 2.05) is 0 Å². The van der Waals surface area contributed by atoms with Gasteiger partial charge in [0.15, 0.2) is 5.69 Å². The molecule has 2 N–H and O–H groups in total. The zero-order valence-electron chi connectivity index (χ0n) is 12.6. The van der Waals surface area contributed by atoms with Gasteiger partial charge in [-0.25, -0.2) is 8.89 Å². The maximum atomic E-state index is 13.1. The minimum Gasteiger partial charge on any atom is -0.289 e. The Balaban J connectivity index is 2.08. The monoisotopic (exact) mass is 367 g/mol. The van der Waals surface area contributed by atoms with Crippen LogP contribution in [0.25, 0.3) is 16.9 Å². The van der Waals surface area contributed by atoms with Crippen molar-refractivity contribution in [1.82, 2.24) is 9.78 Å². The van der Waals surface area contributed by atoms with E-state index < -0.39 is 23.1 Å². The van der Waals surface area contributed by atoms with Gasteiger partial charge in [-0.1, -0.05) is 30.3 Å². The lowest BCUT2D eigenvalue weighted by Crippen LogP contribution is -2.07. The Morgan fingerprint density at radius 2 is 1.68 bits per heavy atom. The lowest BCUT2D eigenvalue weighted by atomic mass is 10.1. The first-order chi connectivity index (χ1) is 11.8. The summed E-state index contributed by atoms with van der Waals surface area (Å²) in [5, 5.41) is 3.68. The predicted molar refractivity (Wildman–Crippen MR) is 88.4 cm³/mol. The van der Waals surface area contributed by atoms with Crippen molar-refractivity contribution in [3.63, 3.8) is 0 Å². The van der Waals surface area contributed by atoms with E-state index >= 15 is 0 Å². The summed E-state index contributed by atoms with van der Waals surface area (Å²) in [6, 6.07) is 15.6. The number of rotatable bonds is 4. The van der Waals surface area contributed by atoms with Crippen LogP contribution in [-0.4, -0.2) is 18.5 Å². The Hall–Kier alpha value is -2.65. The van der Waals surface area contributed by atoms with Crippen molar-refractivity contribution in [2.24, 2.45) is 0 Å². The predicted octanol–water partition coefficient (Wildman–Crippen LogP) is 4.11. The highest BCUT2D eigenvalue weighted by Crippen LogP contribution is 2.33. The number of nitrogens with one attached hydrogen (secondary N) is 1. The first kappa shape index (κ1) is 17.2. The van der Waals surface area contributed by atoms with E-state index in [4.69, 9.17) is 4.55 Å². The average molecular weight is 367 g/mol. The van der Waals surface area contributed by atoms with Crippen LogP contribution in [-0.2, 0) is 17.4 Å². The summed E-state index contributed by atoms with van der Waals surface area (Å²) in [5.41, 5.74) is 0.631. The van der Waals surface area contributed by atoms with Gasteiger partial charge < -0.3 is 0 Å². The Kier molecular flexibility index (Phi) is 4.60. The molecule has 9 heteroatoms. The zero-order valence-corrected chi connectivity index (χ0v) is 13.4. The fraction of sp³-hybridized carbons (Fsp3) is 0.0625. The van der Waals surface area contributed by atoms with Gasteiger partial charge in [0.1, 0.15) is 0 Å². The van der Waals surface area contributed by atoms with Crippen LogP contribution in [0, 0.1) is 0 Å². The van der Waals surface area contributed by atoms with Gasteiger partial charge in [-0.3, -0.25) is 9.27 Å². The van der Waals surface area contributed by atoms with Crippen LogP contribution in [0.15, 0.2) is 60.7 Å². The zero-order chi connectivity index (χ0) is 18.0. The van der Waals surface area contributed by atoms with E-state index in [0.29, 0.717) is 22.6 Å². The number of aromatic nitrogens is 2. The number of benzene rings is 2. The number of hydrogen-bond acceptors (Lipinski definition) is 2. The van der Waals surface area contributed by atoms with Crippen molar-refractivity contribution in [2.75, 3.05) is 4.72 Å². The lowest BCUT2D eigenvalue weighted by molar-refractivity contribution is -0.141. The third-order valence-electron chi connectivity index (χ3n) is 3.39. The van der Waals surface area contributed by atoms with Crippen LogP contribution in [0.5, 0.6) is 0 Å². The topological polar surface area (TPSA) is 67.2 Å². The molecule has 3 aromatic rings. The summed E-state index contributed by atoms with van der Waals surface area (Å²) in [5.74, 6) is 0. The number of hydrogen-bond donors (Lipinski definition) is 2. The highest BCUT2D eigenvalue weighted by Gasteiger charge is 2.35. The van der Waals surface area contributed by atoms with Gasteiger partial charge in [-0.2, -0.15) is 18.3 Å². The molecule has 1 atom stereocenters. The second-order valence-corrected chi connectivity index (χ2v) is 5.79. The van der Waals surface area contributed by atoms with Gasteiger partial charge in [0.25, 0.3) is 11.3 Å². The summed E-state index contributed by atoms with van der Waals surface area (Å²) >= 11 is -2.23. The van der Waals surface area contributed by atoms with Gasteiger partial charge in [0.2, 0.25) is 0 Å². The normalized spacial score (nSPS) is 12.8. The fourth-order valence-corrected chi connectivity index (χ4v) is 2.64. The number of halogens is 3. The minimum absolute atomic E-state index is 0.291. The molecule has 0 aliphatic carbocycles. The number of nitrogens with zero attached hydrogens (tertiary/aromatic N) is 2. The third-order valence-corrected chi connectivity index (χ3v) is 3.80. The molecule has 130 valence electrons. The maximum Gasteiger partial charge on any atom is 0.435 e. The van der Waals surface area contributed by atoms with Crippen LogP contribution in [0.2, 0.25) is 0 Å². The van der Waals surface area contributed by atoms with Gasteiger partial charge in [-0.15, -0.1) is 0 Å². The molecule has 2 aromatic carbocycles. The summed E-state index contributed by atoms with van der Waals surface area (Å²) in [6.45, 7) is 0. The Morgan fingerprint density at radius 3 is 2.24 bits per heavy atom. The van der Waals surface area contributed by atoms with E-state index in [9.17, 15) is 17.4 Å². The van der Waals surface area contributed by atoms with Gasteiger partial charge >= 0.3 is 6.18 Å². The van der Waals surface area contributed by atoms with E-state index in [2.05, 4.69) is 9.82 Å². The molecule has 1 unspecified atom stereocenters. The molecular weight excluding hydrogens is 355 g/mol. The molecule has 25 heavy (non-hydrogen) atoms. The highest BCUT2D eigenvalue weighted by atomic mass is 32.2. The van der Waals surface area contributed by atoms with Crippen LogP contribution in [0.1, 0.15) is 5.69 Å². The van der Waals surface area contributed by atoms with Crippen molar-refractivity contribution in [3.8, 4) is 16.9 Å². The average Bonchev–Trinajstić information content (AvgIpc) is 3.01. The van der Waals surface area contributed by atoms with Crippen LogP contribution < -0.4 is 4.72 Å². The standard InChI is InChI=1S/C16H12F3N3O2S/c17-16(18,19)15-10-14(11-4-2-1-3-5-11)22(20-15)13-8-6-12(7-9-13)21-25(23)24/h1-10,21H,(H,23,24). The Morgan fingerprint density at radius 1 is 1.04 bits per heavy atom. The number of alkyl halides is 3. The van der Waals surface area contributed by atoms with Gasteiger partial charge in [-0.05, 0) is 30.3 Å². The molecule has 0 amide bonds. The van der Waals surface area contributed by atoms with E-state index in [1.165, 1.54) is 28.9 Å². The van der Waals surface area contributed by atoms with Gasteiger partial charge in [0, 0.05) is 11.3 Å². The Bertz CT molecular complexity index is 893. The van der Waals surface area contributed by atoms with E-state index in [1.54, 1.807) is 30.3 Å². The van der Waals surface area contributed by atoms with Crippen molar-refractivity contribution in [2.45, 2.75) is 6.18 Å². The molecule has 0 radical (unpaired) electrons. The molecule has 0 saturated heterocycles. The SMILES string of the molecule is O=S(O)Nc1ccc(-n2nc(C(F)(F)F)cc2-c2ccccc2)cc1. The summed E-state index contributed by atoms with van der Waals surface area (Å²) < 4.78 is 62.2. The largest absolute Gasteiger partial charge is 0.435 e. The third kappa shape index (κ3) is 3.89. The molecule has 0 saturated carbocycles. The smallest absolute Gasteiger partial charge is 0.289 e. The first-order valence-electron chi connectivity index (χ1n) is 7.05. The lowest BCUT2D eigenvalue weighted by Gasteiger charge is -2.09. The van der Waals surface area contributed by atoms with Crippen molar-refractivity contribution < 1.29 is 21.9 Å². The van der Waals surface area contributed by atoms with E-state index in [-0.39, 0.29) is 0 Å². The molecule has 5 nitrogen and oxygen atoms in total. The first-order valence-corrected chi connectivity index (χ1v) is 8.16. The molecule has 0 bridgehead atoms. The minimum atomic E-state index is -4.57. The van der Waals surface area contributed by atoms with Gasteiger partial charge in [0.05, 0.1) is 11.4 Å². The summed E-state index contributed by atoms with van der Waals surface area (Å²) in [7, 11) is 0. The molecule has 0 aliphatic rings. The molecule has 0 fully saturated rings. The van der Waals surface area contributed by atoms with Crippen molar-refractivity contribution >= 4 is 17.0 Å². The summed E-state index contributed by atoms with van der Waals surface area (Å²) in [6.07, 6.45) is -4.57. The highest BCUT2D eigenvalue weighted by molar-refractivity contribution is 7.80. The fourth-order valence-electron chi connectivity index (χ4n) is 2.30. The molecule has 1 heterocycles. The molecular formula is C16H12F3N3O2S. The second-order valence-electron chi connectivity index (χ2n) is 5.09. The Labute approximate surface area is 143 Å². The molecule has 0 spiro atoms. The van der Waals surface area contributed by atoms with Crippen LogP contribution >= 0.6 is 0 Å². The molecule has 3 rings (SSSR count). The molecule has 0 aliphatic heterocycles. The molecule has 1 aromatic heterocycles. The van der Waals surface area contributed by atoms with Crippen molar-refractivity contribution in [1.29, 1.82) is 0 Å². The van der Waals surface area contributed by atoms with Crippen LogP contribution in [0.4, 0.5) is 18.9 Å². The maximum absolute atomic E-state index is 13.1. The quantitative estimate of drug-likeness (QED) is 0.682. The summed E-state index contributed by atoms with van der Waals surface area (Å²) in [4.78, 5) is 0. The van der Waals surface area contributed by atoms with Crippen molar-refractivity contribution in [3.05, 3.63) is 66.4 Å². The van der Waals surface area contributed by atoms with E-state index in [0.717, 1.165) is 6.07 Å². The second kappa shape index (κ2) is 6.69. The number of anilines is 1. The van der Waals surface area contributed by atoms with Crippen LogP contribution in [0.3, 0.4) is 0 Å².